The molecule has 3 aromatic rings. The maximum absolute atomic E-state index is 12.7. The van der Waals surface area contributed by atoms with E-state index in [9.17, 15) is 4.79 Å². The van der Waals surface area contributed by atoms with Gasteiger partial charge in [-0.25, -0.2) is 4.98 Å². The third-order valence-electron chi connectivity index (χ3n) is 4.21. The topological polar surface area (TPSA) is 51.2 Å². The van der Waals surface area contributed by atoms with Gasteiger partial charge in [0, 0.05) is 5.56 Å². The second kappa shape index (κ2) is 8.64. The van der Waals surface area contributed by atoms with Crippen molar-refractivity contribution in [3.63, 3.8) is 0 Å². The Balaban J connectivity index is 0.00000243. The molecule has 0 fully saturated rings. The van der Waals surface area contributed by atoms with E-state index in [-0.39, 0.29) is 28.8 Å². The molecule has 4 nitrogen and oxygen atoms in total. The first-order valence-corrected chi connectivity index (χ1v) is 9.21. The van der Waals surface area contributed by atoms with Crippen molar-refractivity contribution >= 4 is 32.5 Å². The van der Waals surface area contributed by atoms with E-state index in [2.05, 4.69) is 10.3 Å². The second-order valence-corrected chi connectivity index (χ2v) is 7.11. The first-order chi connectivity index (χ1) is 12.0. The van der Waals surface area contributed by atoms with Crippen LogP contribution in [0.1, 0.15) is 35.3 Å². The molecule has 0 aliphatic carbocycles. The molecule has 1 unspecified atom stereocenters. The number of carbonyl (C=O) groups is 1. The molecule has 0 aliphatic rings. The van der Waals surface area contributed by atoms with Crippen LogP contribution in [0.15, 0.2) is 36.4 Å². The van der Waals surface area contributed by atoms with Gasteiger partial charge in [-0.1, -0.05) is 29.5 Å². The molecule has 0 saturated heterocycles. The number of nitrogens with zero attached hydrogens (tertiary/aromatic N) is 1. The molecule has 26 heavy (non-hydrogen) atoms. The van der Waals surface area contributed by atoms with Crippen LogP contribution in [0.2, 0.25) is 0 Å². The van der Waals surface area contributed by atoms with Crippen LogP contribution in [0.3, 0.4) is 0 Å². The van der Waals surface area contributed by atoms with Crippen molar-refractivity contribution < 1.29 is 26.5 Å². The Morgan fingerprint density at radius 3 is 2.69 bits per heavy atom. The number of aryl methyl sites for hydroxylation is 2. The number of rotatable bonds is 6. The molecule has 2 aromatic carbocycles. The Morgan fingerprint density at radius 2 is 2.00 bits per heavy atom. The zero-order chi connectivity index (χ0) is 18.0. The molecule has 3 rings (SSSR count). The SMILES string of the molecule is CCOc1cccc2sc(NC(C)C(=O)c3ccc(C)c(C)c3)nc12.[Br-]. The Hall–Kier alpha value is -1.92. The van der Waals surface area contributed by atoms with Gasteiger partial charge in [0.15, 0.2) is 10.9 Å². The number of hydrogen-bond donors (Lipinski definition) is 1. The molecule has 6 heteroatoms. The fourth-order valence-corrected chi connectivity index (χ4v) is 3.62. The van der Waals surface area contributed by atoms with E-state index >= 15 is 0 Å². The molecule has 0 aliphatic heterocycles. The summed E-state index contributed by atoms with van der Waals surface area (Å²) in [5.41, 5.74) is 3.87. The van der Waals surface area contributed by atoms with Gasteiger partial charge in [-0.3, -0.25) is 4.79 Å². The number of Topliss-reactive ketones (excluding diaryl/α,β-unsaturated/α-hetero) is 1. The van der Waals surface area contributed by atoms with Gasteiger partial charge in [0.1, 0.15) is 11.3 Å². The molecule has 0 spiro atoms. The lowest BCUT2D eigenvalue weighted by Gasteiger charge is -2.12. The minimum Gasteiger partial charge on any atom is -1.00 e. The van der Waals surface area contributed by atoms with Gasteiger partial charge in [0.05, 0.1) is 17.3 Å². The van der Waals surface area contributed by atoms with E-state index in [4.69, 9.17) is 4.74 Å². The molecule has 1 atom stereocenters. The van der Waals surface area contributed by atoms with Crippen LogP contribution >= 0.6 is 11.3 Å². The average Bonchev–Trinajstić information content (AvgIpc) is 3.00. The molecule has 0 bridgehead atoms. The van der Waals surface area contributed by atoms with Crippen molar-refractivity contribution in [1.29, 1.82) is 0 Å². The minimum absolute atomic E-state index is 0. The lowest BCUT2D eigenvalue weighted by atomic mass is 10.0. The number of ether oxygens (including phenoxy) is 1. The summed E-state index contributed by atoms with van der Waals surface area (Å²) < 4.78 is 6.67. The number of halogens is 1. The summed E-state index contributed by atoms with van der Waals surface area (Å²) >= 11 is 1.53. The highest BCUT2D eigenvalue weighted by atomic mass is 79.9. The van der Waals surface area contributed by atoms with Crippen molar-refractivity contribution in [2.45, 2.75) is 33.7 Å². The lowest BCUT2D eigenvalue weighted by Crippen LogP contribution is -3.00. The Morgan fingerprint density at radius 1 is 1.23 bits per heavy atom. The van der Waals surface area contributed by atoms with Crippen LogP contribution < -0.4 is 27.0 Å². The van der Waals surface area contributed by atoms with Gasteiger partial charge < -0.3 is 27.0 Å². The van der Waals surface area contributed by atoms with Crippen LogP contribution in [-0.4, -0.2) is 23.4 Å². The Labute approximate surface area is 168 Å². The highest BCUT2D eigenvalue weighted by Gasteiger charge is 2.18. The maximum Gasteiger partial charge on any atom is 0.184 e. The number of anilines is 1. The highest BCUT2D eigenvalue weighted by Crippen LogP contribution is 2.32. The Kier molecular flexibility index (Phi) is 6.78. The third kappa shape index (κ3) is 4.24. The average molecular weight is 434 g/mol. The largest absolute Gasteiger partial charge is 1.00 e. The monoisotopic (exact) mass is 433 g/mol. The molecule has 0 amide bonds. The summed E-state index contributed by atoms with van der Waals surface area (Å²) in [5.74, 6) is 0.838. The smallest absolute Gasteiger partial charge is 0.184 e. The predicted octanol–water partition coefficient (Wildman–Crippen LogP) is 2.00. The fourth-order valence-electron chi connectivity index (χ4n) is 2.65. The maximum atomic E-state index is 12.7. The van der Waals surface area contributed by atoms with Crippen molar-refractivity contribution in [2.24, 2.45) is 0 Å². The highest BCUT2D eigenvalue weighted by molar-refractivity contribution is 7.22. The van der Waals surface area contributed by atoms with Crippen LogP contribution in [0.25, 0.3) is 10.2 Å². The summed E-state index contributed by atoms with van der Waals surface area (Å²) in [6, 6.07) is 11.4. The van der Waals surface area contributed by atoms with Crippen LogP contribution in [0, 0.1) is 13.8 Å². The summed E-state index contributed by atoms with van der Waals surface area (Å²) in [6.07, 6.45) is 0. The molecular weight excluding hydrogens is 412 g/mol. The minimum atomic E-state index is -0.349. The standard InChI is InChI=1S/C20H22N2O2S.BrH/c1-5-24-16-7-6-8-17-18(16)22-20(25-17)21-14(4)19(23)15-10-9-12(2)13(3)11-15;/h6-11,14H,5H2,1-4H3,(H,21,22);1H/p-1. The van der Waals surface area contributed by atoms with Gasteiger partial charge in [0.25, 0.3) is 0 Å². The number of ketones is 1. The van der Waals surface area contributed by atoms with Crippen LogP contribution in [-0.2, 0) is 0 Å². The van der Waals surface area contributed by atoms with E-state index in [0.717, 1.165) is 32.2 Å². The van der Waals surface area contributed by atoms with Gasteiger partial charge in [-0.2, -0.15) is 0 Å². The third-order valence-corrected chi connectivity index (χ3v) is 5.16. The number of carbonyl (C=O) groups excluding carboxylic acids is 1. The quantitative estimate of drug-likeness (QED) is 0.604. The second-order valence-electron chi connectivity index (χ2n) is 6.08. The van der Waals surface area contributed by atoms with Crippen LogP contribution in [0.5, 0.6) is 5.75 Å². The van der Waals surface area contributed by atoms with Gasteiger partial charge in [-0.15, -0.1) is 0 Å². The van der Waals surface area contributed by atoms with E-state index in [0.29, 0.717) is 6.61 Å². The first-order valence-electron chi connectivity index (χ1n) is 8.40. The van der Waals surface area contributed by atoms with Crippen molar-refractivity contribution in [2.75, 3.05) is 11.9 Å². The van der Waals surface area contributed by atoms with Gasteiger partial charge in [0.2, 0.25) is 0 Å². The van der Waals surface area contributed by atoms with Crippen molar-refractivity contribution in [3.05, 3.63) is 53.1 Å². The molecule has 1 heterocycles. The number of nitrogens with one attached hydrogen (secondary N) is 1. The number of fused-ring (bicyclic) bond motifs is 1. The predicted molar refractivity (Wildman–Crippen MR) is 104 cm³/mol. The van der Waals surface area contributed by atoms with Gasteiger partial charge >= 0.3 is 0 Å². The summed E-state index contributed by atoms with van der Waals surface area (Å²) in [7, 11) is 0. The van der Waals surface area contributed by atoms with Crippen molar-refractivity contribution in [3.8, 4) is 5.75 Å². The van der Waals surface area contributed by atoms with E-state index in [1.165, 1.54) is 16.9 Å². The summed E-state index contributed by atoms with van der Waals surface area (Å²) in [6.45, 7) is 8.48. The Bertz CT molecular complexity index is 923. The van der Waals surface area contributed by atoms with Gasteiger partial charge in [-0.05, 0) is 57.0 Å². The number of aromatic nitrogens is 1. The zero-order valence-electron chi connectivity index (χ0n) is 15.3. The number of benzene rings is 2. The molecular formula is C20H22BrN2O2S-. The molecule has 1 N–H and O–H groups in total. The summed E-state index contributed by atoms with van der Waals surface area (Å²) in [5, 5.41) is 3.96. The number of thiazole rings is 1. The molecule has 0 radical (unpaired) electrons. The fraction of sp³-hybridized carbons (Fsp3) is 0.300. The van der Waals surface area contributed by atoms with Crippen molar-refractivity contribution in [1.82, 2.24) is 4.98 Å². The zero-order valence-corrected chi connectivity index (χ0v) is 17.7. The van der Waals surface area contributed by atoms with E-state index in [1.807, 2.05) is 64.1 Å². The summed E-state index contributed by atoms with van der Waals surface area (Å²) in [4.78, 5) is 17.3. The van der Waals surface area contributed by atoms with E-state index < -0.39 is 0 Å². The molecule has 138 valence electrons. The number of hydrogen-bond acceptors (Lipinski definition) is 5. The molecule has 0 saturated carbocycles. The normalized spacial score (nSPS) is 11.7. The lowest BCUT2D eigenvalue weighted by molar-refractivity contribution is -0.0000131. The first kappa shape index (κ1) is 20.4. The molecule has 1 aromatic heterocycles. The van der Waals surface area contributed by atoms with Crippen LogP contribution in [0.4, 0.5) is 5.13 Å². The number of para-hydroxylation sites is 1. The van der Waals surface area contributed by atoms with E-state index in [1.54, 1.807) is 0 Å².